The Morgan fingerprint density at radius 2 is 1.00 bits per heavy atom. The van der Waals surface area contributed by atoms with Crippen LogP contribution in [-0.4, -0.2) is 0 Å². The average Bonchev–Trinajstić information content (AvgIpc) is 2.76. The summed E-state index contributed by atoms with van der Waals surface area (Å²) in [7, 11) is 0. The Morgan fingerprint density at radius 3 is 1.26 bits per heavy atom. The van der Waals surface area contributed by atoms with E-state index in [1.807, 2.05) is 0 Å². The van der Waals surface area contributed by atoms with Crippen LogP contribution in [0.4, 0.5) is 0 Å². The van der Waals surface area contributed by atoms with Crippen LogP contribution in [0.15, 0.2) is 52.6 Å². The first-order valence-electron chi connectivity index (χ1n) is 8.66. The van der Waals surface area contributed by atoms with Gasteiger partial charge in [0.1, 0.15) is 0 Å². The zero-order valence-electron chi connectivity index (χ0n) is 16.3. The smallest absolute Gasteiger partial charge is 0.0226 e. The predicted molar refractivity (Wildman–Crippen MR) is 103 cm³/mol. The van der Waals surface area contributed by atoms with Crippen LogP contribution in [-0.2, 0) is 14.8 Å². The maximum Gasteiger partial charge on any atom is 0.0226 e. The summed E-state index contributed by atoms with van der Waals surface area (Å²) in [5.74, 6) is 1.47. The summed E-state index contributed by atoms with van der Waals surface area (Å²) in [6.07, 6.45) is 0. The van der Waals surface area contributed by atoms with Gasteiger partial charge in [0, 0.05) is 5.92 Å². The van der Waals surface area contributed by atoms with Crippen molar-refractivity contribution in [1.82, 2.24) is 0 Å². The zero-order valence-corrected chi connectivity index (χ0v) is 18.0. The monoisotopic (exact) mass is 402 g/mol. The second-order valence-corrected chi connectivity index (χ2v) is 14.6. The van der Waals surface area contributed by atoms with Crippen LogP contribution in [0.25, 0.3) is 0 Å². The summed E-state index contributed by atoms with van der Waals surface area (Å²) in [5.41, 5.74) is 5.87. The molecule has 0 saturated carbocycles. The second kappa shape index (κ2) is 8.98. The molecule has 0 unspecified atom stereocenters. The fourth-order valence-corrected chi connectivity index (χ4v) is 8.90. The Bertz CT molecular complexity index is 527. The van der Waals surface area contributed by atoms with E-state index >= 15 is 0 Å². The van der Waals surface area contributed by atoms with Crippen LogP contribution in [0.3, 0.4) is 0 Å². The van der Waals surface area contributed by atoms with Gasteiger partial charge in [-0.1, -0.05) is 18.1 Å². The van der Waals surface area contributed by atoms with Crippen molar-refractivity contribution in [3.8, 4) is 0 Å². The molecule has 1 aliphatic rings. The molecule has 0 bridgehead atoms. The van der Waals surface area contributed by atoms with Crippen LogP contribution in [0, 0.1) is 5.92 Å². The SMILES string of the molecule is C[CH2][Rh]([CH2]C)([CH2]C)[c]1ccccc1.C[C]1C(C)=C(C)C(C)=C1C. The molecule has 1 heteroatoms. The van der Waals surface area contributed by atoms with Crippen LogP contribution in [0.1, 0.15) is 55.4 Å². The molecule has 0 amide bonds. The van der Waals surface area contributed by atoms with Crippen LogP contribution < -0.4 is 4.16 Å². The minimum Gasteiger partial charge on any atom is -0.0589 e. The summed E-state index contributed by atoms with van der Waals surface area (Å²) in [5, 5.41) is 4.20. The van der Waals surface area contributed by atoms with E-state index in [1.165, 1.54) is 43.3 Å². The van der Waals surface area contributed by atoms with E-state index in [1.54, 1.807) is 4.16 Å². The van der Waals surface area contributed by atoms with E-state index in [0.29, 0.717) is 0 Å². The van der Waals surface area contributed by atoms with Crippen molar-refractivity contribution in [2.75, 3.05) is 0 Å². The summed E-state index contributed by atoms with van der Waals surface area (Å²) in [6.45, 7) is 18.1. The Kier molecular flexibility index (Phi) is 7.95. The molecule has 0 spiro atoms. The van der Waals surface area contributed by atoms with Crippen molar-refractivity contribution in [1.29, 1.82) is 0 Å². The van der Waals surface area contributed by atoms with Gasteiger partial charge in [-0.25, -0.2) is 0 Å². The van der Waals surface area contributed by atoms with E-state index in [-0.39, 0.29) is 0 Å². The van der Waals surface area contributed by atoms with Crippen LogP contribution in [0.2, 0.25) is 15.0 Å². The van der Waals surface area contributed by atoms with E-state index in [2.05, 4.69) is 85.7 Å². The molecular weight excluding hydrogens is 367 g/mol. The van der Waals surface area contributed by atoms with Crippen molar-refractivity contribution < 1.29 is 14.8 Å². The summed E-state index contributed by atoms with van der Waals surface area (Å²) in [6, 6.07) is 11.1. The first-order chi connectivity index (χ1) is 10.8. The summed E-state index contributed by atoms with van der Waals surface area (Å²) < 4.78 is 1.66. The third kappa shape index (κ3) is 4.44. The quantitative estimate of drug-likeness (QED) is 0.474. The van der Waals surface area contributed by atoms with Crippen molar-refractivity contribution in [3.05, 3.63) is 58.5 Å². The molecule has 132 valence electrons. The molecule has 1 aromatic rings. The first kappa shape index (κ1) is 20.4. The third-order valence-electron chi connectivity index (χ3n) is 5.29. The summed E-state index contributed by atoms with van der Waals surface area (Å²) >= 11 is -1.32. The molecule has 0 N–H and O–H groups in total. The Labute approximate surface area is 147 Å². The third-order valence-corrected chi connectivity index (χ3v) is 14.5. The second-order valence-electron chi connectivity index (χ2n) is 5.96. The zero-order chi connectivity index (χ0) is 17.6. The van der Waals surface area contributed by atoms with Gasteiger partial charge in [-0.05, 0) is 38.8 Å². The molecule has 0 atom stereocenters. The Hall–Kier alpha value is -0.677. The molecular formula is C22H35Rh. The number of hydrogen-bond donors (Lipinski definition) is 0. The van der Waals surface area contributed by atoms with Gasteiger partial charge in [0.15, 0.2) is 0 Å². The van der Waals surface area contributed by atoms with E-state index in [9.17, 15) is 0 Å². The Balaban J connectivity index is 0.000000238. The van der Waals surface area contributed by atoms with Crippen molar-refractivity contribution in [2.24, 2.45) is 0 Å². The van der Waals surface area contributed by atoms with Gasteiger partial charge in [0.25, 0.3) is 0 Å². The van der Waals surface area contributed by atoms with Crippen molar-refractivity contribution >= 4 is 4.16 Å². The van der Waals surface area contributed by atoms with Crippen molar-refractivity contribution in [3.63, 3.8) is 0 Å². The normalized spacial score (nSPS) is 16.5. The largest absolute Gasteiger partial charge is 0.0589 e. The van der Waals surface area contributed by atoms with Crippen LogP contribution >= 0.6 is 0 Å². The van der Waals surface area contributed by atoms with E-state index < -0.39 is 14.8 Å². The van der Waals surface area contributed by atoms with Gasteiger partial charge in [0.05, 0.1) is 0 Å². The van der Waals surface area contributed by atoms with Gasteiger partial charge < -0.3 is 0 Å². The number of benzene rings is 1. The fourth-order valence-electron chi connectivity index (χ4n) is 2.96. The van der Waals surface area contributed by atoms with Gasteiger partial charge in [-0.2, -0.15) is 0 Å². The summed E-state index contributed by atoms with van der Waals surface area (Å²) in [4.78, 5) is 0. The van der Waals surface area contributed by atoms with Gasteiger partial charge >= 0.3 is 85.1 Å². The predicted octanol–water partition coefficient (Wildman–Crippen LogP) is 7.05. The van der Waals surface area contributed by atoms with E-state index in [4.69, 9.17) is 0 Å². The average molecular weight is 402 g/mol. The first-order valence-corrected chi connectivity index (χ1v) is 13.0. The Morgan fingerprint density at radius 1 is 0.609 bits per heavy atom. The molecule has 0 nitrogen and oxygen atoms in total. The number of hydrogen-bond acceptors (Lipinski definition) is 0. The molecule has 1 radical (unpaired) electrons. The maximum absolute atomic E-state index is 2.36. The molecule has 0 saturated heterocycles. The van der Waals surface area contributed by atoms with Gasteiger partial charge in [-0.3, -0.25) is 0 Å². The fraction of sp³-hybridized carbons (Fsp3) is 0.500. The minimum atomic E-state index is -1.32. The minimum absolute atomic E-state index is 1.32. The maximum atomic E-state index is 2.36. The van der Waals surface area contributed by atoms with Crippen molar-refractivity contribution in [2.45, 2.75) is 70.4 Å². The molecule has 0 aliphatic heterocycles. The number of rotatable bonds is 4. The molecule has 0 heterocycles. The van der Waals surface area contributed by atoms with Gasteiger partial charge in [-0.15, -0.1) is 0 Å². The topological polar surface area (TPSA) is 0 Å². The molecule has 23 heavy (non-hydrogen) atoms. The molecule has 1 aromatic carbocycles. The van der Waals surface area contributed by atoms with E-state index in [0.717, 1.165) is 0 Å². The molecule has 1 aliphatic carbocycles. The molecule has 0 aromatic heterocycles. The standard InChI is InChI=1S/C10H15.C6H5.3C2H5.Rh/c1-6-7(2)9(4)10(5)8(6)3;1-2-4-6-5-3-1;3*1-2;/h1-5H3;1-5H;3*1H2,2H3;. The molecule has 2 rings (SSSR count). The molecule has 0 fully saturated rings. The van der Waals surface area contributed by atoms with Crippen LogP contribution in [0.5, 0.6) is 0 Å². The van der Waals surface area contributed by atoms with Gasteiger partial charge in [0.2, 0.25) is 0 Å². The number of allylic oxidation sites excluding steroid dienone is 4.